The van der Waals surface area contributed by atoms with Crippen LogP contribution in [0.1, 0.15) is 45.4 Å². The van der Waals surface area contributed by atoms with Gasteiger partial charge in [-0.2, -0.15) is 0 Å². The summed E-state index contributed by atoms with van der Waals surface area (Å²) in [5, 5.41) is 4.96. The minimum Gasteiger partial charge on any atom is -0.380 e. The molecule has 0 atom stereocenters. The second kappa shape index (κ2) is 6.68. The molecule has 0 spiro atoms. The van der Waals surface area contributed by atoms with Crippen LogP contribution < -0.4 is 5.32 Å². The van der Waals surface area contributed by atoms with Crippen molar-refractivity contribution in [1.82, 2.24) is 0 Å². The van der Waals surface area contributed by atoms with Crippen LogP contribution in [0.2, 0.25) is 10.0 Å². The van der Waals surface area contributed by atoms with Crippen molar-refractivity contribution in [2.45, 2.75) is 51.5 Å². The predicted molar refractivity (Wildman–Crippen MR) is 80.7 cm³/mol. The molecule has 2 rings (SSSR count). The zero-order valence-electron chi connectivity index (χ0n) is 10.9. The topological polar surface area (TPSA) is 12.0 Å². The summed E-state index contributed by atoms with van der Waals surface area (Å²) in [7, 11) is 0. The first-order chi connectivity index (χ1) is 8.70. The Kier molecular flexibility index (Phi) is 5.20. The minimum absolute atomic E-state index is 0.524. The first-order valence-electron chi connectivity index (χ1n) is 6.91. The Labute approximate surface area is 120 Å². The van der Waals surface area contributed by atoms with Gasteiger partial charge in [0.25, 0.3) is 0 Å². The van der Waals surface area contributed by atoms with E-state index < -0.39 is 0 Å². The molecule has 1 nitrogen and oxygen atoms in total. The highest BCUT2D eigenvalue weighted by Crippen LogP contribution is 2.34. The summed E-state index contributed by atoms with van der Waals surface area (Å²) >= 11 is 12.4. The molecular weight excluding hydrogens is 265 g/mol. The maximum Gasteiger partial charge on any atom is 0.0721 e. The third-order valence-corrected chi connectivity index (χ3v) is 4.48. The van der Waals surface area contributed by atoms with Gasteiger partial charge in [0.05, 0.1) is 15.7 Å². The van der Waals surface area contributed by atoms with Gasteiger partial charge in [0.15, 0.2) is 0 Å². The van der Waals surface area contributed by atoms with Gasteiger partial charge < -0.3 is 5.32 Å². The van der Waals surface area contributed by atoms with Crippen LogP contribution in [-0.2, 0) is 0 Å². The number of anilines is 1. The molecule has 0 heterocycles. The van der Waals surface area contributed by atoms with E-state index in [-0.39, 0.29) is 0 Å². The molecule has 0 radical (unpaired) electrons. The maximum atomic E-state index is 6.18. The highest BCUT2D eigenvalue weighted by Gasteiger charge is 2.21. The summed E-state index contributed by atoms with van der Waals surface area (Å²) in [4.78, 5) is 0. The molecule has 1 aliphatic rings. The van der Waals surface area contributed by atoms with E-state index in [0.717, 1.165) is 21.7 Å². The van der Waals surface area contributed by atoms with Crippen molar-refractivity contribution in [2.24, 2.45) is 5.92 Å². The van der Waals surface area contributed by atoms with E-state index >= 15 is 0 Å². The van der Waals surface area contributed by atoms with E-state index in [4.69, 9.17) is 23.2 Å². The molecule has 0 saturated heterocycles. The van der Waals surface area contributed by atoms with Crippen molar-refractivity contribution in [3.8, 4) is 0 Å². The van der Waals surface area contributed by atoms with Gasteiger partial charge in [0.1, 0.15) is 0 Å². The molecule has 3 heteroatoms. The zero-order chi connectivity index (χ0) is 13.0. The van der Waals surface area contributed by atoms with Gasteiger partial charge in [0, 0.05) is 6.04 Å². The summed E-state index contributed by atoms with van der Waals surface area (Å²) in [6.45, 7) is 2.27. The lowest BCUT2D eigenvalue weighted by molar-refractivity contribution is 0.319. The Balaban J connectivity index is 1.92. The van der Waals surface area contributed by atoms with E-state index in [1.165, 1.54) is 38.5 Å². The van der Waals surface area contributed by atoms with E-state index in [2.05, 4.69) is 12.2 Å². The van der Waals surface area contributed by atoms with Gasteiger partial charge >= 0.3 is 0 Å². The van der Waals surface area contributed by atoms with E-state index in [0.29, 0.717) is 6.04 Å². The molecule has 0 aliphatic heterocycles. The fourth-order valence-electron chi connectivity index (χ4n) is 2.84. The fourth-order valence-corrected chi connectivity index (χ4v) is 3.35. The summed E-state index contributed by atoms with van der Waals surface area (Å²) in [6, 6.07) is 6.18. The lowest BCUT2D eigenvalue weighted by atomic mass is 9.83. The Morgan fingerprint density at radius 3 is 2.28 bits per heavy atom. The van der Waals surface area contributed by atoms with Crippen molar-refractivity contribution >= 4 is 28.9 Å². The number of para-hydroxylation sites is 1. The lowest BCUT2D eigenvalue weighted by Crippen LogP contribution is -2.26. The largest absolute Gasteiger partial charge is 0.380 e. The molecule has 100 valence electrons. The summed E-state index contributed by atoms with van der Waals surface area (Å²) in [5.74, 6) is 0.926. The highest BCUT2D eigenvalue weighted by atomic mass is 35.5. The molecule has 1 fully saturated rings. The van der Waals surface area contributed by atoms with Crippen molar-refractivity contribution in [3.63, 3.8) is 0 Å². The number of rotatable bonds is 4. The molecular formula is C15H21Cl2N. The fraction of sp³-hybridized carbons (Fsp3) is 0.600. The van der Waals surface area contributed by atoms with Crippen LogP contribution in [0, 0.1) is 5.92 Å². The molecule has 1 saturated carbocycles. The van der Waals surface area contributed by atoms with Gasteiger partial charge in [0.2, 0.25) is 0 Å². The summed E-state index contributed by atoms with van der Waals surface area (Å²) < 4.78 is 0. The quantitative estimate of drug-likeness (QED) is 0.741. The Bertz CT molecular complexity index is 364. The van der Waals surface area contributed by atoms with Crippen molar-refractivity contribution in [1.29, 1.82) is 0 Å². The van der Waals surface area contributed by atoms with Crippen LogP contribution in [-0.4, -0.2) is 6.04 Å². The van der Waals surface area contributed by atoms with Crippen LogP contribution in [0.3, 0.4) is 0 Å². The number of benzene rings is 1. The average Bonchev–Trinajstić information content (AvgIpc) is 2.36. The SMILES string of the molecule is CCCC1CCC(Nc2c(Cl)cccc2Cl)CC1. The second-order valence-corrected chi connectivity index (χ2v) is 6.06. The summed E-state index contributed by atoms with van der Waals surface area (Å²) in [5.41, 5.74) is 0.903. The molecule has 1 aromatic carbocycles. The van der Waals surface area contributed by atoms with Crippen LogP contribution >= 0.6 is 23.2 Å². The first-order valence-corrected chi connectivity index (χ1v) is 7.66. The molecule has 0 bridgehead atoms. The Morgan fingerprint density at radius 1 is 1.11 bits per heavy atom. The Morgan fingerprint density at radius 2 is 1.72 bits per heavy atom. The number of nitrogens with one attached hydrogen (secondary N) is 1. The highest BCUT2D eigenvalue weighted by molar-refractivity contribution is 6.39. The van der Waals surface area contributed by atoms with E-state index in [1.807, 2.05) is 18.2 Å². The number of hydrogen-bond donors (Lipinski definition) is 1. The van der Waals surface area contributed by atoms with E-state index in [1.54, 1.807) is 0 Å². The molecule has 18 heavy (non-hydrogen) atoms. The van der Waals surface area contributed by atoms with E-state index in [9.17, 15) is 0 Å². The number of halogens is 2. The van der Waals surface area contributed by atoms with Gasteiger partial charge in [-0.05, 0) is 43.7 Å². The number of hydrogen-bond acceptors (Lipinski definition) is 1. The molecule has 1 aromatic rings. The van der Waals surface area contributed by atoms with Crippen LogP contribution in [0.25, 0.3) is 0 Å². The smallest absolute Gasteiger partial charge is 0.0721 e. The minimum atomic E-state index is 0.524. The molecule has 0 unspecified atom stereocenters. The van der Waals surface area contributed by atoms with Crippen molar-refractivity contribution in [2.75, 3.05) is 5.32 Å². The van der Waals surface area contributed by atoms with Crippen molar-refractivity contribution in [3.05, 3.63) is 28.2 Å². The van der Waals surface area contributed by atoms with Crippen LogP contribution in [0.5, 0.6) is 0 Å². The standard InChI is InChI=1S/C15H21Cl2N/c1-2-4-11-7-9-12(10-8-11)18-15-13(16)5-3-6-14(15)17/h3,5-6,11-12,18H,2,4,7-10H2,1H3. The monoisotopic (exact) mass is 285 g/mol. The van der Waals surface area contributed by atoms with Crippen LogP contribution in [0.15, 0.2) is 18.2 Å². The van der Waals surface area contributed by atoms with Gasteiger partial charge in [-0.25, -0.2) is 0 Å². The second-order valence-electron chi connectivity index (χ2n) is 5.25. The molecule has 0 amide bonds. The van der Waals surface area contributed by atoms with Crippen molar-refractivity contribution < 1.29 is 0 Å². The third-order valence-electron chi connectivity index (χ3n) is 3.85. The molecule has 1 N–H and O–H groups in total. The average molecular weight is 286 g/mol. The predicted octanol–water partition coefficient (Wildman–Crippen LogP) is 5.76. The zero-order valence-corrected chi connectivity index (χ0v) is 12.4. The Hall–Kier alpha value is -0.400. The molecule has 1 aliphatic carbocycles. The van der Waals surface area contributed by atoms with Crippen LogP contribution in [0.4, 0.5) is 5.69 Å². The lowest BCUT2D eigenvalue weighted by Gasteiger charge is -2.30. The maximum absolute atomic E-state index is 6.18. The molecule has 0 aromatic heterocycles. The normalized spacial score (nSPS) is 23.9. The van der Waals surface area contributed by atoms with Gasteiger partial charge in [-0.15, -0.1) is 0 Å². The summed E-state index contributed by atoms with van der Waals surface area (Å²) in [6.07, 6.45) is 7.79. The first kappa shape index (κ1) is 14.0. The van der Waals surface area contributed by atoms with Gasteiger partial charge in [-0.3, -0.25) is 0 Å². The van der Waals surface area contributed by atoms with Gasteiger partial charge in [-0.1, -0.05) is 49.0 Å². The third kappa shape index (κ3) is 3.55.